The van der Waals surface area contributed by atoms with Crippen molar-refractivity contribution in [3.63, 3.8) is 0 Å². The Balaban J connectivity index is 1.74. The van der Waals surface area contributed by atoms with Crippen molar-refractivity contribution >= 4 is 40.7 Å². The van der Waals surface area contributed by atoms with Crippen molar-refractivity contribution in [1.82, 2.24) is 5.32 Å². The maximum atomic E-state index is 12.6. The van der Waals surface area contributed by atoms with E-state index in [2.05, 4.69) is 10.6 Å². The molecule has 0 aliphatic carbocycles. The number of halogens is 2. The summed E-state index contributed by atoms with van der Waals surface area (Å²) >= 11 is 12.2. The molecule has 2 amide bonds. The number of amides is 2. The first-order valence-corrected chi connectivity index (χ1v) is 9.59. The quantitative estimate of drug-likeness (QED) is 0.749. The summed E-state index contributed by atoms with van der Waals surface area (Å²) < 4.78 is 11.2. The lowest BCUT2D eigenvalue weighted by atomic mass is 10.0. The first-order chi connectivity index (χ1) is 13.4. The fraction of sp³-hybridized carbons (Fsp3) is 0.300. The van der Waals surface area contributed by atoms with Crippen LogP contribution in [-0.4, -0.2) is 25.0 Å². The first-order valence-electron chi connectivity index (χ1n) is 8.84. The Labute approximate surface area is 173 Å². The average molecular weight is 423 g/mol. The van der Waals surface area contributed by atoms with E-state index in [-0.39, 0.29) is 18.2 Å². The zero-order chi connectivity index (χ0) is 20.1. The molecule has 8 heteroatoms. The van der Waals surface area contributed by atoms with Gasteiger partial charge in [0.15, 0.2) is 11.5 Å². The molecule has 0 fully saturated rings. The van der Waals surface area contributed by atoms with E-state index in [1.54, 1.807) is 36.4 Å². The van der Waals surface area contributed by atoms with E-state index < -0.39 is 6.04 Å². The number of carbonyl (C=O) groups is 2. The second kappa shape index (κ2) is 9.17. The van der Waals surface area contributed by atoms with E-state index in [0.717, 1.165) is 12.0 Å². The fourth-order valence-corrected chi connectivity index (χ4v) is 3.19. The highest BCUT2D eigenvalue weighted by atomic mass is 35.5. The van der Waals surface area contributed by atoms with Crippen molar-refractivity contribution in [3.8, 4) is 11.5 Å². The Hall–Kier alpha value is -2.44. The number of hydrogen-bond acceptors (Lipinski definition) is 4. The lowest BCUT2D eigenvalue weighted by Gasteiger charge is -2.19. The molecule has 2 aromatic carbocycles. The summed E-state index contributed by atoms with van der Waals surface area (Å²) in [6.07, 6.45) is 0.805. The van der Waals surface area contributed by atoms with Gasteiger partial charge in [0, 0.05) is 30.5 Å². The number of carbonyl (C=O) groups excluding carboxylic acids is 2. The van der Waals surface area contributed by atoms with Crippen LogP contribution < -0.4 is 20.1 Å². The van der Waals surface area contributed by atoms with E-state index in [1.807, 2.05) is 0 Å². The van der Waals surface area contributed by atoms with Crippen LogP contribution in [0.4, 0.5) is 5.69 Å². The minimum Gasteiger partial charge on any atom is -0.490 e. The third-order valence-corrected chi connectivity index (χ3v) is 4.72. The average Bonchev–Trinajstić information content (AvgIpc) is 2.86. The highest BCUT2D eigenvalue weighted by Crippen LogP contribution is 2.37. The standard InChI is InChI=1S/C20H20Cl2N2O4/c1-12(25)23-16(13-3-5-14(21)6-4-13)11-20(26)24-17-10-19-18(9-15(17)22)27-7-2-8-28-19/h3-6,9-10,16H,2,7-8,11H2,1H3,(H,23,25)(H,24,26)/t16-/m0/s1. The van der Waals surface area contributed by atoms with Gasteiger partial charge in [-0.1, -0.05) is 35.3 Å². The van der Waals surface area contributed by atoms with E-state index in [1.165, 1.54) is 6.92 Å². The Morgan fingerprint density at radius 2 is 1.71 bits per heavy atom. The van der Waals surface area contributed by atoms with Gasteiger partial charge in [0.05, 0.1) is 36.4 Å². The molecule has 2 aromatic rings. The normalized spacial score (nSPS) is 14.0. The topological polar surface area (TPSA) is 76.7 Å². The van der Waals surface area contributed by atoms with Crippen LogP contribution >= 0.6 is 23.2 Å². The zero-order valence-corrected chi connectivity index (χ0v) is 16.8. The van der Waals surface area contributed by atoms with Crippen LogP contribution in [0.15, 0.2) is 36.4 Å². The van der Waals surface area contributed by atoms with Crippen molar-refractivity contribution in [3.05, 3.63) is 52.0 Å². The Morgan fingerprint density at radius 1 is 1.07 bits per heavy atom. The molecule has 1 atom stereocenters. The summed E-state index contributed by atoms with van der Waals surface area (Å²) in [6.45, 7) is 2.49. The van der Waals surface area contributed by atoms with Crippen LogP contribution in [-0.2, 0) is 9.59 Å². The highest BCUT2D eigenvalue weighted by Gasteiger charge is 2.20. The molecule has 0 spiro atoms. The Bertz CT molecular complexity index is 871. The first kappa shape index (κ1) is 20.3. The van der Waals surface area contributed by atoms with Gasteiger partial charge in [-0.15, -0.1) is 0 Å². The lowest BCUT2D eigenvalue weighted by Crippen LogP contribution is -2.29. The van der Waals surface area contributed by atoms with E-state index in [0.29, 0.717) is 40.4 Å². The summed E-state index contributed by atoms with van der Waals surface area (Å²) in [5.41, 5.74) is 1.20. The van der Waals surface area contributed by atoms with Crippen LogP contribution in [0.2, 0.25) is 10.0 Å². The molecule has 1 heterocycles. The minimum absolute atomic E-state index is 0.0337. The number of rotatable bonds is 5. The molecule has 28 heavy (non-hydrogen) atoms. The molecule has 6 nitrogen and oxygen atoms in total. The minimum atomic E-state index is -0.492. The van der Waals surface area contributed by atoms with Gasteiger partial charge in [-0.3, -0.25) is 9.59 Å². The van der Waals surface area contributed by atoms with Crippen LogP contribution in [0, 0.1) is 0 Å². The van der Waals surface area contributed by atoms with Crippen LogP contribution in [0.5, 0.6) is 11.5 Å². The summed E-state index contributed by atoms with van der Waals surface area (Å²) in [5, 5.41) is 6.49. The molecule has 0 radical (unpaired) electrons. The van der Waals surface area contributed by atoms with Crippen LogP contribution in [0.3, 0.4) is 0 Å². The summed E-state index contributed by atoms with van der Waals surface area (Å²) in [5.74, 6) is 0.553. The summed E-state index contributed by atoms with van der Waals surface area (Å²) in [4.78, 5) is 24.2. The van der Waals surface area contributed by atoms with Gasteiger partial charge in [-0.25, -0.2) is 0 Å². The number of nitrogens with one attached hydrogen (secondary N) is 2. The summed E-state index contributed by atoms with van der Waals surface area (Å²) in [7, 11) is 0. The van der Waals surface area contributed by atoms with Gasteiger partial charge in [-0.05, 0) is 17.7 Å². The molecule has 1 aliphatic rings. The lowest BCUT2D eigenvalue weighted by molar-refractivity contribution is -0.120. The molecule has 0 bridgehead atoms. The molecule has 0 saturated heterocycles. The highest BCUT2D eigenvalue weighted by molar-refractivity contribution is 6.34. The van der Waals surface area contributed by atoms with Crippen LogP contribution in [0.25, 0.3) is 0 Å². The molecule has 2 N–H and O–H groups in total. The Morgan fingerprint density at radius 3 is 2.36 bits per heavy atom. The molecule has 0 unspecified atom stereocenters. The molecule has 0 aromatic heterocycles. The van der Waals surface area contributed by atoms with Crippen molar-refractivity contribution in [2.24, 2.45) is 0 Å². The summed E-state index contributed by atoms with van der Waals surface area (Å²) in [6, 6.07) is 9.76. The van der Waals surface area contributed by atoms with Gasteiger partial charge in [-0.2, -0.15) is 0 Å². The molecule has 0 saturated carbocycles. The van der Waals surface area contributed by atoms with Crippen LogP contribution in [0.1, 0.15) is 31.4 Å². The van der Waals surface area contributed by atoms with Crippen molar-refractivity contribution in [1.29, 1.82) is 0 Å². The monoisotopic (exact) mass is 422 g/mol. The number of ether oxygens (including phenoxy) is 2. The smallest absolute Gasteiger partial charge is 0.226 e. The Kier molecular flexibility index (Phi) is 6.65. The predicted octanol–water partition coefficient (Wildman–Crippen LogP) is 4.36. The van der Waals surface area contributed by atoms with Gasteiger partial charge in [0.25, 0.3) is 0 Å². The predicted molar refractivity (Wildman–Crippen MR) is 108 cm³/mol. The van der Waals surface area contributed by atoms with Crippen molar-refractivity contribution < 1.29 is 19.1 Å². The largest absolute Gasteiger partial charge is 0.490 e. The zero-order valence-electron chi connectivity index (χ0n) is 15.3. The van der Waals surface area contributed by atoms with Gasteiger partial charge < -0.3 is 20.1 Å². The van der Waals surface area contributed by atoms with E-state index in [9.17, 15) is 9.59 Å². The second-order valence-corrected chi connectivity index (χ2v) is 7.23. The van der Waals surface area contributed by atoms with Gasteiger partial charge in [0.2, 0.25) is 11.8 Å². The molecule has 148 valence electrons. The second-order valence-electron chi connectivity index (χ2n) is 6.39. The molecule has 1 aliphatic heterocycles. The SMILES string of the molecule is CC(=O)N[C@@H](CC(=O)Nc1cc2c(cc1Cl)OCCCO2)c1ccc(Cl)cc1. The number of fused-ring (bicyclic) bond motifs is 1. The number of anilines is 1. The third-order valence-electron chi connectivity index (χ3n) is 4.15. The fourth-order valence-electron chi connectivity index (χ4n) is 2.86. The maximum Gasteiger partial charge on any atom is 0.226 e. The molecular weight excluding hydrogens is 403 g/mol. The number of hydrogen-bond donors (Lipinski definition) is 2. The van der Waals surface area contributed by atoms with Crippen molar-refractivity contribution in [2.45, 2.75) is 25.8 Å². The van der Waals surface area contributed by atoms with E-state index in [4.69, 9.17) is 32.7 Å². The van der Waals surface area contributed by atoms with Crippen molar-refractivity contribution in [2.75, 3.05) is 18.5 Å². The van der Waals surface area contributed by atoms with E-state index >= 15 is 0 Å². The van der Waals surface area contributed by atoms with Gasteiger partial charge in [0.1, 0.15) is 0 Å². The number of benzene rings is 2. The third kappa shape index (κ3) is 5.30. The molecular formula is C20H20Cl2N2O4. The van der Waals surface area contributed by atoms with Gasteiger partial charge >= 0.3 is 0 Å². The molecule has 3 rings (SSSR count). The maximum absolute atomic E-state index is 12.6.